The van der Waals surface area contributed by atoms with Crippen molar-refractivity contribution in [3.8, 4) is 6.19 Å². The third-order valence-corrected chi connectivity index (χ3v) is 5.70. The lowest BCUT2D eigenvalue weighted by Crippen LogP contribution is -2.47. The first-order valence-electron chi connectivity index (χ1n) is 7.07. The topological polar surface area (TPSA) is 76.4 Å². The average molecular weight is 306 g/mol. The van der Waals surface area contributed by atoms with E-state index in [1.807, 2.05) is 18.2 Å². The van der Waals surface area contributed by atoms with E-state index in [9.17, 15) is 8.42 Å². The molecule has 0 amide bonds. The van der Waals surface area contributed by atoms with Gasteiger partial charge in [0, 0.05) is 32.2 Å². The molecule has 112 valence electrons. The predicted molar refractivity (Wildman–Crippen MR) is 78.2 cm³/mol. The van der Waals surface area contributed by atoms with Crippen molar-refractivity contribution >= 4 is 10.2 Å². The third kappa shape index (κ3) is 3.02. The van der Waals surface area contributed by atoms with Crippen molar-refractivity contribution in [2.24, 2.45) is 0 Å². The molecule has 1 N–H and O–H groups in total. The first kappa shape index (κ1) is 14.3. The van der Waals surface area contributed by atoms with Crippen LogP contribution in [0.15, 0.2) is 24.3 Å². The van der Waals surface area contributed by atoms with Gasteiger partial charge in [-0.2, -0.15) is 22.7 Å². The Bertz CT molecular complexity index is 668. The van der Waals surface area contributed by atoms with E-state index in [4.69, 9.17) is 5.26 Å². The quantitative estimate of drug-likeness (QED) is 0.822. The first-order chi connectivity index (χ1) is 10.1. The van der Waals surface area contributed by atoms with Crippen LogP contribution in [0.5, 0.6) is 0 Å². The molecule has 6 nitrogen and oxygen atoms in total. The molecule has 3 rings (SSSR count). The molecule has 1 saturated heterocycles. The van der Waals surface area contributed by atoms with Gasteiger partial charge in [-0.3, -0.25) is 0 Å². The molecule has 7 heteroatoms. The Morgan fingerprint density at radius 1 is 1.24 bits per heavy atom. The zero-order valence-electron chi connectivity index (χ0n) is 11.7. The Hall–Kier alpha value is -1.62. The van der Waals surface area contributed by atoms with E-state index in [1.165, 1.54) is 9.87 Å². The standard InChI is InChI=1S/C14H18N4O2S/c15-11-17-7-6-14(10-17)16-21(19,20)18-8-5-12-3-1-2-4-13(12)9-18/h1-4,14,16H,5-10H2/t14-/m1/s1. The fourth-order valence-corrected chi connectivity index (χ4v) is 4.31. The number of hydrogen-bond acceptors (Lipinski definition) is 4. The molecule has 1 aromatic rings. The maximum absolute atomic E-state index is 12.5. The maximum atomic E-state index is 12.5. The number of hydrogen-bond donors (Lipinski definition) is 1. The van der Waals surface area contributed by atoms with E-state index < -0.39 is 10.2 Å². The Morgan fingerprint density at radius 2 is 2.00 bits per heavy atom. The maximum Gasteiger partial charge on any atom is 0.280 e. The molecule has 21 heavy (non-hydrogen) atoms. The zero-order valence-corrected chi connectivity index (χ0v) is 12.5. The second-order valence-electron chi connectivity index (χ2n) is 5.51. The highest BCUT2D eigenvalue weighted by molar-refractivity contribution is 7.87. The number of nitrogens with one attached hydrogen (secondary N) is 1. The van der Waals surface area contributed by atoms with Gasteiger partial charge in [-0.15, -0.1) is 0 Å². The molecule has 2 heterocycles. The van der Waals surface area contributed by atoms with Crippen LogP contribution in [0, 0.1) is 11.5 Å². The molecule has 0 unspecified atom stereocenters. The van der Waals surface area contributed by atoms with Crippen molar-refractivity contribution in [2.75, 3.05) is 19.6 Å². The molecule has 1 fully saturated rings. The summed E-state index contributed by atoms with van der Waals surface area (Å²) in [6.45, 7) is 1.99. The van der Waals surface area contributed by atoms with Gasteiger partial charge in [0.15, 0.2) is 6.19 Å². The van der Waals surface area contributed by atoms with E-state index in [1.54, 1.807) is 4.90 Å². The summed E-state index contributed by atoms with van der Waals surface area (Å²) in [6.07, 6.45) is 3.48. The SMILES string of the molecule is N#CN1CC[C@@H](NS(=O)(=O)N2CCc3ccccc3C2)C1. The number of likely N-dealkylation sites (tertiary alicyclic amines) is 1. The van der Waals surface area contributed by atoms with Gasteiger partial charge >= 0.3 is 0 Å². The highest BCUT2D eigenvalue weighted by Crippen LogP contribution is 2.21. The van der Waals surface area contributed by atoms with Gasteiger partial charge < -0.3 is 4.90 Å². The Morgan fingerprint density at radius 3 is 2.71 bits per heavy atom. The molecule has 0 aromatic heterocycles. The van der Waals surface area contributed by atoms with Gasteiger partial charge in [-0.05, 0) is 24.0 Å². The van der Waals surface area contributed by atoms with Crippen LogP contribution in [0.2, 0.25) is 0 Å². The summed E-state index contributed by atoms with van der Waals surface area (Å²) < 4.78 is 29.1. The third-order valence-electron chi connectivity index (χ3n) is 4.08. The highest BCUT2D eigenvalue weighted by atomic mass is 32.2. The Balaban J connectivity index is 1.68. The molecular formula is C14H18N4O2S. The van der Waals surface area contributed by atoms with Crippen LogP contribution in [-0.4, -0.2) is 43.3 Å². The zero-order chi connectivity index (χ0) is 14.9. The molecule has 1 atom stereocenters. The van der Waals surface area contributed by atoms with Crippen molar-refractivity contribution in [1.29, 1.82) is 5.26 Å². The molecule has 2 aliphatic rings. The van der Waals surface area contributed by atoms with Crippen LogP contribution in [0.1, 0.15) is 17.5 Å². The molecule has 2 aliphatic heterocycles. The smallest absolute Gasteiger partial charge is 0.280 e. The van der Waals surface area contributed by atoms with Crippen LogP contribution in [-0.2, 0) is 23.2 Å². The van der Waals surface area contributed by atoms with Crippen LogP contribution >= 0.6 is 0 Å². The van der Waals surface area contributed by atoms with Crippen LogP contribution in [0.4, 0.5) is 0 Å². The van der Waals surface area contributed by atoms with E-state index in [-0.39, 0.29) is 6.04 Å². The molecule has 0 spiro atoms. The van der Waals surface area contributed by atoms with Crippen molar-refractivity contribution in [3.63, 3.8) is 0 Å². The van der Waals surface area contributed by atoms with Gasteiger partial charge in [0.1, 0.15) is 0 Å². The van der Waals surface area contributed by atoms with Gasteiger partial charge in [0.25, 0.3) is 10.2 Å². The summed E-state index contributed by atoms with van der Waals surface area (Å²) in [5.41, 5.74) is 2.29. The van der Waals surface area contributed by atoms with Crippen LogP contribution in [0.25, 0.3) is 0 Å². The Kier molecular flexibility index (Phi) is 3.85. The molecule has 0 saturated carbocycles. The van der Waals surface area contributed by atoms with E-state index in [2.05, 4.69) is 17.0 Å². The second kappa shape index (κ2) is 5.64. The van der Waals surface area contributed by atoms with Gasteiger partial charge in [-0.25, -0.2) is 0 Å². The second-order valence-corrected chi connectivity index (χ2v) is 7.21. The van der Waals surface area contributed by atoms with Crippen molar-refractivity contribution in [2.45, 2.75) is 25.4 Å². The summed E-state index contributed by atoms with van der Waals surface area (Å²) >= 11 is 0. The fourth-order valence-electron chi connectivity index (χ4n) is 2.91. The van der Waals surface area contributed by atoms with Crippen LogP contribution in [0.3, 0.4) is 0 Å². The van der Waals surface area contributed by atoms with Gasteiger partial charge in [-0.1, -0.05) is 24.3 Å². The minimum atomic E-state index is -3.49. The number of rotatable bonds is 3. The molecular weight excluding hydrogens is 288 g/mol. The van der Waals surface area contributed by atoms with E-state index in [0.717, 1.165) is 12.0 Å². The largest absolute Gasteiger partial charge is 0.309 e. The minimum Gasteiger partial charge on any atom is -0.309 e. The van der Waals surface area contributed by atoms with Gasteiger partial charge in [0.2, 0.25) is 0 Å². The summed E-state index contributed by atoms with van der Waals surface area (Å²) in [5, 5.41) is 8.83. The van der Waals surface area contributed by atoms with Crippen molar-refractivity contribution in [1.82, 2.24) is 13.9 Å². The fraction of sp³-hybridized carbons (Fsp3) is 0.500. The minimum absolute atomic E-state index is 0.174. The monoisotopic (exact) mass is 306 g/mol. The highest BCUT2D eigenvalue weighted by Gasteiger charge is 2.31. The lowest BCUT2D eigenvalue weighted by molar-refractivity contribution is 0.377. The van der Waals surface area contributed by atoms with Crippen molar-refractivity contribution < 1.29 is 8.42 Å². The first-order valence-corrected chi connectivity index (χ1v) is 8.51. The molecule has 0 bridgehead atoms. The van der Waals surface area contributed by atoms with E-state index >= 15 is 0 Å². The van der Waals surface area contributed by atoms with Crippen molar-refractivity contribution in [3.05, 3.63) is 35.4 Å². The average Bonchev–Trinajstić information content (AvgIpc) is 2.93. The lowest BCUT2D eigenvalue weighted by Gasteiger charge is -2.29. The molecule has 1 aromatic carbocycles. The van der Waals surface area contributed by atoms with Crippen LogP contribution < -0.4 is 4.72 Å². The molecule has 0 aliphatic carbocycles. The van der Waals surface area contributed by atoms with E-state index in [0.29, 0.717) is 32.6 Å². The number of fused-ring (bicyclic) bond motifs is 1. The number of nitrogens with zero attached hydrogens (tertiary/aromatic N) is 3. The van der Waals surface area contributed by atoms with Gasteiger partial charge in [0.05, 0.1) is 0 Å². The lowest BCUT2D eigenvalue weighted by atomic mass is 10.0. The molecule has 0 radical (unpaired) electrons. The normalized spacial score (nSPS) is 22.8. The predicted octanol–water partition coefficient (Wildman–Crippen LogP) is 0.434. The summed E-state index contributed by atoms with van der Waals surface area (Å²) in [7, 11) is -3.49. The summed E-state index contributed by atoms with van der Waals surface area (Å²) in [5.74, 6) is 0. The summed E-state index contributed by atoms with van der Waals surface area (Å²) in [4.78, 5) is 1.58. The summed E-state index contributed by atoms with van der Waals surface area (Å²) in [6, 6.07) is 7.77. The number of benzene rings is 1. The Labute approximate surface area is 125 Å². The number of nitriles is 1.